The maximum atomic E-state index is 13.3. The maximum absolute atomic E-state index is 13.3. The van der Waals surface area contributed by atoms with Gasteiger partial charge in [-0.15, -0.1) is 0 Å². The van der Waals surface area contributed by atoms with E-state index in [-0.39, 0.29) is 24.3 Å². The van der Waals surface area contributed by atoms with Gasteiger partial charge in [-0.2, -0.15) is 0 Å². The second-order valence-electron chi connectivity index (χ2n) is 7.84. The summed E-state index contributed by atoms with van der Waals surface area (Å²) in [4.78, 5) is 32.4. The molecule has 0 saturated carbocycles. The topological polar surface area (TPSA) is 76.5 Å². The zero-order valence-corrected chi connectivity index (χ0v) is 16.7. The fraction of sp³-hybridized carbons (Fsp3) is 0.348. The van der Waals surface area contributed by atoms with Crippen LogP contribution in [0, 0.1) is 0 Å². The summed E-state index contributed by atoms with van der Waals surface area (Å²) in [6.45, 7) is 1.65. The summed E-state index contributed by atoms with van der Waals surface area (Å²) < 4.78 is 7.66. The molecule has 3 heterocycles. The van der Waals surface area contributed by atoms with Crippen molar-refractivity contribution in [3.8, 4) is 0 Å². The van der Waals surface area contributed by atoms with Crippen molar-refractivity contribution in [3.63, 3.8) is 0 Å². The summed E-state index contributed by atoms with van der Waals surface area (Å²) >= 11 is 0. The molecule has 7 nitrogen and oxygen atoms in total. The average molecular weight is 404 g/mol. The van der Waals surface area contributed by atoms with Gasteiger partial charge in [0.1, 0.15) is 6.04 Å². The summed E-state index contributed by atoms with van der Waals surface area (Å²) in [6.07, 6.45) is 2.05. The molecular weight excluding hydrogens is 380 g/mol. The van der Waals surface area contributed by atoms with Gasteiger partial charge in [0.2, 0.25) is 11.9 Å². The lowest BCUT2D eigenvalue weighted by molar-refractivity contribution is -0.127. The van der Waals surface area contributed by atoms with Crippen LogP contribution < -0.4 is 10.2 Å². The number of nitrogens with one attached hydrogen (secondary N) is 1. The number of imidazole rings is 1. The third-order valence-electron chi connectivity index (χ3n) is 5.80. The molecule has 2 amide bonds. The number of hydrogen-bond acceptors (Lipinski definition) is 4. The van der Waals surface area contributed by atoms with Crippen LogP contribution in [-0.2, 0) is 20.9 Å². The number of rotatable bonds is 6. The number of para-hydroxylation sites is 2. The Kier molecular flexibility index (Phi) is 4.96. The van der Waals surface area contributed by atoms with Crippen molar-refractivity contribution >= 4 is 28.8 Å². The largest absolute Gasteiger partial charge is 0.376 e. The van der Waals surface area contributed by atoms with Crippen molar-refractivity contribution < 1.29 is 14.3 Å². The first-order chi connectivity index (χ1) is 14.7. The monoisotopic (exact) mass is 404 g/mol. The summed E-state index contributed by atoms with van der Waals surface area (Å²) in [6, 6.07) is 16.9. The van der Waals surface area contributed by atoms with Crippen molar-refractivity contribution in [2.75, 3.05) is 18.1 Å². The number of amides is 2. The molecule has 0 radical (unpaired) electrons. The van der Waals surface area contributed by atoms with Gasteiger partial charge >= 0.3 is 0 Å². The van der Waals surface area contributed by atoms with Gasteiger partial charge in [-0.3, -0.25) is 19.1 Å². The fourth-order valence-electron chi connectivity index (χ4n) is 4.30. The Morgan fingerprint density at radius 1 is 1.13 bits per heavy atom. The molecule has 1 aromatic heterocycles. The van der Waals surface area contributed by atoms with Crippen molar-refractivity contribution in [2.45, 2.75) is 38.0 Å². The summed E-state index contributed by atoms with van der Waals surface area (Å²) in [5.74, 6) is 0.367. The molecule has 2 aliphatic heterocycles. The highest BCUT2D eigenvalue weighted by Crippen LogP contribution is 2.37. The van der Waals surface area contributed by atoms with Crippen LogP contribution in [0.15, 0.2) is 54.6 Å². The molecule has 30 heavy (non-hydrogen) atoms. The zero-order chi connectivity index (χ0) is 20.5. The van der Waals surface area contributed by atoms with E-state index < -0.39 is 6.04 Å². The first-order valence-electron chi connectivity index (χ1n) is 10.4. The van der Waals surface area contributed by atoms with Crippen LogP contribution in [0.3, 0.4) is 0 Å². The summed E-state index contributed by atoms with van der Waals surface area (Å²) in [7, 11) is 0. The second-order valence-corrected chi connectivity index (χ2v) is 7.84. The standard InChI is InChI=1S/C23H24N4O3/c28-21(24-14-16-7-2-1-3-8-16)13-20-22(29)26(15-17-9-6-12-30-17)23-25-18-10-4-5-11-19(18)27(20)23/h1-5,7-8,10-11,17,20H,6,9,12-15H2,(H,24,28)/t17-,20+/m0/s1. The number of fused-ring (bicyclic) bond motifs is 3. The Bertz CT molecular complexity index is 1070. The molecule has 5 rings (SSSR count). The van der Waals surface area contributed by atoms with Gasteiger partial charge in [-0.25, -0.2) is 4.98 Å². The van der Waals surface area contributed by atoms with Crippen molar-refractivity contribution in [2.24, 2.45) is 0 Å². The number of hydrogen-bond donors (Lipinski definition) is 1. The SMILES string of the molecule is O=C(C[C@@H]1C(=O)N(C[C@@H]2CCCO2)c2nc3ccccc3n21)NCc1ccccc1. The minimum absolute atomic E-state index is 0.0212. The van der Waals surface area contributed by atoms with E-state index in [1.807, 2.05) is 59.2 Å². The number of ether oxygens (including phenoxy) is 1. The average Bonchev–Trinajstić information content (AvgIpc) is 3.47. The van der Waals surface area contributed by atoms with Crippen molar-refractivity contribution in [3.05, 3.63) is 60.2 Å². The normalized spacial score (nSPS) is 20.7. The first kappa shape index (κ1) is 18.8. The Hall–Kier alpha value is -3.19. The van der Waals surface area contributed by atoms with E-state index in [4.69, 9.17) is 9.72 Å². The van der Waals surface area contributed by atoms with Gasteiger partial charge in [0.05, 0.1) is 30.1 Å². The number of aromatic nitrogens is 2. The Morgan fingerprint density at radius 2 is 1.93 bits per heavy atom. The lowest BCUT2D eigenvalue weighted by Gasteiger charge is -2.19. The predicted octanol–water partition coefficient (Wildman–Crippen LogP) is 2.81. The molecule has 2 aliphatic rings. The van der Waals surface area contributed by atoms with E-state index in [2.05, 4.69) is 5.32 Å². The van der Waals surface area contributed by atoms with E-state index >= 15 is 0 Å². The molecule has 0 spiro atoms. The minimum atomic E-state index is -0.593. The van der Waals surface area contributed by atoms with Crippen molar-refractivity contribution in [1.82, 2.24) is 14.9 Å². The predicted molar refractivity (Wildman–Crippen MR) is 113 cm³/mol. The molecule has 0 unspecified atom stereocenters. The molecule has 2 aromatic carbocycles. The number of nitrogens with zero attached hydrogens (tertiary/aromatic N) is 3. The third kappa shape index (κ3) is 3.45. The van der Waals surface area contributed by atoms with Crippen LogP contribution in [0.5, 0.6) is 0 Å². The third-order valence-corrected chi connectivity index (χ3v) is 5.80. The molecule has 0 bridgehead atoms. The number of benzene rings is 2. The molecule has 7 heteroatoms. The lowest BCUT2D eigenvalue weighted by atomic mass is 10.1. The fourth-order valence-corrected chi connectivity index (χ4v) is 4.30. The van der Waals surface area contributed by atoms with E-state index in [1.165, 1.54) is 0 Å². The number of anilines is 1. The Labute approximate surface area is 174 Å². The highest BCUT2D eigenvalue weighted by molar-refractivity contribution is 6.03. The van der Waals surface area contributed by atoms with Crippen LogP contribution in [0.2, 0.25) is 0 Å². The molecular formula is C23H24N4O3. The molecule has 3 aromatic rings. The van der Waals surface area contributed by atoms with Gasteiger partial charge in [-0.05, 0) is 30.5 Å². The molecule has 1 saturated heterocycles. The highest BCUT2D eigenvalue weighted by Gasteiger charge is 2.42. The van der Waals surface area contributed by atoms with Gasteiger partial charge < -0.3 is 10.1 Å². The molecule has 0 aliphatic carbocycles. The van der Waals surface area contributed by atoms with Crippen LogP contribution in [0.4, 0.5) is 5.95 Å². The van der Waals surface area contributed by atoms with E-state index in [9.17, 15) is 9.59 Å². The first-order valence-corrected chi connectivity index (χ1v) is 10.4. The molecule has 2 atom stereocenters. The van der Waals surface area contributed by atoms with Gasteiger partial charge in [-0.1, -0.05) is 42.5 Å². The van der Waals surface area contributed by atoms with E-state index in [0.29, 0.717) is 19.0 Å². The highest BCUT2D eigenvalue weighted by atomic mass is 16.5. The minimum Gasteiger partial charge on any atom is -0.376 e. The number of carbonyl (C=O) groups excluding carboxylic acids is 2. The molecule has 1 N–H and O–H groups in total. The summed E-state index contributed by atoms with van der Waals surface area (Å²) in [5, 5.41) is 2.94. The Morgan fingerprint density at radius 3 is 2.73 bits per heavy atom. The smallest absolute Gasteiger partial charge is 0.253 e. The van der Waals surface area contributed by atoms with Crippen LogP contribution in [0.1, 0.15) is 30.9 Å². The Balaban J connectivity index is 1.39. The number of carbonyl (C=O) groups is 2. The van der Waals surface area contributed by atoms with E-state index in [0.717, 1.165) is 36.0 Å². The van der Waals surface area contributed by atoms with Crippen LogP contribution in [-0.4, -0.2) is 40.6 Å². The van der Waals surface area contributed by atoms with Crippen LogP contribution >= 0.6 is 0 Å². The quantitative estimate of drug-likeness (QED) is 0.685. The lowest BCUT2D eigenvalue weighted by Crippen LogP contribution is -2.37. The second kappa shape index (κ2) is 7.91. The van der Waals surface area contributed by atoms with E-state index in [1.54, 1.807) is 4.90 Å². The van der Waals surface area contributed by atoms with Gasteiger partial charge in [0.25, 0.3) is 5.91 Å². The van der Waals surface area contributed by atoms with Crippen molar-refractivity contribution in [1.29, 1.82) is 0 Å². The van der Waals surface area contributed by atoms with Crippen LogP contribution in [0.25, 0.3) is 11.0 Å². The summed E-state index contributed by atoms with van der Waals surface area (Å²) in [5.41, 5.74) is 2.72. The van der Waals surface area contributed by atoms with Gasteiger partial charge in [0.15, 0.2) is 0 Å². The molecule has 154 valence electrons. The molecule has 1 fully saturated rings. The zero-order valence-electron chi connectivity index (χ0n) is 16.7. The van der Waals surface area contributed by atoms with Gasteiger partial charge in [0, 0.05) is 13.2 Å². The maximum Gasteiger partial charge on any atom is 0.253 e.